The van der Waals surface area contributed by atoms with Crippen molar-refractivity contribution in [2.75, 3.05) is 0 Å². The zero-order valence-electron chi connectivity index (χ0n) is 10.7. The molecule has 17 heavy (non-hydrogen) atoms. The lowest BCUT2D eigenvalue weighted by molar-refractivity contribution is -0.122. The lowest BCUT2D eigenvalue weighted by Crippen LogP contribution is -2.27. The first kappa shape index (κ1) is 14.0. The SMILES string of the molecule is CC(C)(C)CC(=O)NCc1ccc(CCl)cc1. The van der Waals surface area contributed by atoms with Gasteiger partial charge in [0.25, 0.3) is 0 Å². The van der Waals surface area contributed by atoms with Crippen LogP contribution in [0.1, 0.15) is 38.3 Å². The van der Waals surface area contributed by atoms with Gasteiger partial charge in [-0.05, 0) is 16.5 Å². The van der Waals surface area contributed by atoms with Crippen molar-refractivity contribution in [1.29, 1.82) is 0 Å². The molecule has 0 bridgehead atoms. The Morgan fingerprint density at radius 3 is 2.18 bits per heavy atom. The number of carbonyl (C=O) groups is 1. The third kappa shape index (κ3) is 5.73. The Morgan fingerprint density at radius 2 is 1.71 bits per heavy atom. The smallest absolute Gasteiger partial charge is 0.220 e. The number of benzene rings is 1. The van der Waals surface area contributed by atoms with E-state index in [1.165, 1.54) is 0 Å². The summed E-state index contributed by atoms with van der Waals surface area (Å²) in [6, 6.07) is 7.96. The molecule has 0 atom stereocenters. The summed E-state index contributed by atoms with van der Waals surface area (Å²) in [4.78, 5) is 11.6. The molecule has 1 aromatic rings. The zero-order valence-corrected chi connectivity index (χ0v) is 11.5. The number of hydrogen-bond acceptors (Lipinski definition) is 1. The van der Waals surface area contributed by atoms with Gasteiger partial charge < -0.3 is 5.32 Å². The van der Waals surface area contributed by atoms with E-state index in [4.69, 9.17) is 11.6 Å². The molecule has 94 valence electrons. The van der Waals surface area contributed by atoms with E-state index in [-0.39, 0.29) is 11.3 Å². The average molecular weight is 254 g/mol. The summed E-state index contributed by atoms with van der Waals surface area (Å²) in [6.45, 7) is 6.75. The van der Waals surface area contributed by atoms with Crippen LogP contribution in [0.15, 0.2) is 24.3 Å². The summed E-state index contributed by atoms with van der Waals surface area (Å²) in [7, 11) is 0. The Kier molecular flexibility index (Phi) is 5.01. The Balaban J connectivity index is 2.42. The molecule has 3 heteroatoms. The summed E-state index contributed by atoms with van der Waals surface area (Å²) in [6.07, 6.45) is 0.548. The van der Waals surface area contributed by atoms with E-state index in [2.05, 4.69) is 26.1 Å². The van der Waals surface area contributed by atoms with Gasteiger partial charge in [-0.3, -0.25) is 4.79 Å². The van der Waals surface area contributed by atoms with E-state index in [1.807, 2.05) is 24.3 Å². The van der Waals surface area contributed by atoms with Gasteiger partial charge in [0.2, 0.25) is 5.91 Å². The van der Waals surface area contributed by atoms with Crippen molar-refractivity contribution in [3.05, 3.63) is 35.4 Å². The van der Waals surface area contributed by atoms with E-state index in [9.17, 15) is 4.79 Å². The van der Waals surface area contributed by atoms with Crippen LogP contribution in [0.5, 0.6) is 0 Å². The summed E-state index contributed by atoms with van der Waals surface area (Å²) < 4.78 is 0. The van der Waals surface area contributed by atoms with Gasteiger partial charge in [0.1, 0.15) is 0 Å². The Labute approximate surface area is 108 Å². The fourth-order valence-electron chi connectivity index (χ4n) is 1.49. The summed E-state index contributed by atoms with van der Waals surface area (Å²) in [5.74, 6) is 0.621. The number of hydrogen-bond donors (Lipinski definition) is 1. The third-order valence-electron chi connectivity index (χ3n) is 2.36. The first-order valence-electron chi connectivity index (χ1n) is 5.81. The molecule has 0 heterocycles. The highest BCUT2D eigenvalue weighted by atomic mass is 35.5. The van der Waals surface area contributed by atoms with Crippen LogP contribution in [0.25, 0.3) is 0 Å². The van der Waals surface area contributed by atoms with E-state index in [0.29, 0.717) is 18.8 Å². The van der Waals surface area contributed by atoms with Crippen LogP contribution in [-0.4, -0.2) is 5.91 Å². The van der Waals surface area contributed by atoms with Gasteiger partial charge in [0.05, 0.1) is 0 Å². The molecule has 1 rings (SSSR count). The molecular weight excluding hydrogens is 234 g/mol. The second kappa shape index (κ2) is 6.06. The Morgan fingerprint density at radius 1 is 1.18 bits per heavy atom. The maximum Gasteiger partial charge on any atom is 0.220 e. The highest BCUT2D eigenvalue weighted by Gasteiger charge is 2.15. The minimum atomic E-state index is 0.0343. The van der Waals surface area contributed by atoms with Gasteiger partial charge in [-0.25, -0.2) is 0 Å². The van der Waals surface area contributed by atoms with Crippen molar-refractivity contribution in [2.24, 2.45) is 5.41 Å². The third-order valence-corrected chi connectivity index (χ3v) is 2.67. The maximum absolute atomic E-state index is 11.6. The van der Waals surface area contributed by atoms with Crippen LogP contribution in [-0.2, 0) is 17.2 Å². The summed E-state index contributed by atoms with van der Waals surface area (Å²) in [5, 5.41) is 2.92. The normalized spacial score (nSPS) is 11.3. The minimum absolute atomic E-state index is 0.0343. The number of halogens is 1. The largest absolute Gasteiger partial charge is 0.352 e. The molecule has 0 aliphatic carbocycles. The lowest BCUT2D eigenvalue weighted by atomic mass is 9.92. The number of nitrogens with one attached hydrogen (secondary N) is 1. The summed E-state index contributed by atoms with van der Waals surface area (Å²) in [5.41, 5.74) is 2.23. The molecule has 1 amide bonds. The van der Waals surface area contributed by atoms with Crippen molar-refractivity contribution >= 4 is 17.5 Å². The molecule has 0 saturated heterocycles. The molecule has 0 spiro atoms. The topological polar surface area (TPSA) is 29.1 Å². The molecule has 1 aromatic carbocycles. The Hall–Kier alpha value is -1.02. The molecule has 0 aliphatic rings. The van der Waals surface area contributed by atoms with Crippen molar-refractivity contribution < 1.29 is 4.79 Å². The minimum Gasteiger partial charge on any atom is -0.352 e. The monoisotopic (exact) mass is 253 g/mol. The first-order valence-corrected chi connectivity index (χ1v) is 6.35. The van der Waals surface area contributed by atoms with Crippen LogP contribution in [0.3, 0.4) is 0 Å². The van der Waals surface area contributed by atoms with Gasteiger partial charge in [-0.15, -0.1) is 11.6 Å². The van der Waals surface area contributed by atoms with Crippen LogP contribution in [0, 0.1) is 5.41 Å². The molecule has 2 nitrogen and oxygen atoms in total. The lowest BCUT2D eigenvalue weighted by Gasteiger charge is -2.17. The second-order valence-electron chi connectivity index (χ2n) is 5.46. The van der Waals surface area contributed by atoms with E-state index >= 15 is 0 Å². The second-order valence-corrected chi connectivity index (χ2v) is 5.73. The van der Waals surface area contributed by atoms with Crippen molar-refractivity contribution in [2.45, 2.75) is 39.6 Å². The quantitative estimate of drug-likeness (QED) is 0.818. The fourth-order valence-corrected chi connectivity index (χ4v) is 1.67. The van der Waals surface area contributed by atoms with Gasteiger partial charge in [-0.2, -0.15) is 0 Å². The van der Waals surface area contributed by atoms with Crippen LogP contribution in [0.4, 0.5) is 0 Å². The fraction of sp³-hybridized carbons (Fsp3) is 0.500. The van der Waals surface area contributed by atoms with E-state index in [1.54, 1.807) is 0 Å². The number of alkyl halides is 1. The Bertz CT molecular complexity index is 365. The van der Waals surface area contributed by atoms with Crippen LogP contribution < -0.4 is 5.32 Å². The number of carbonyl (C=O) groups excluding carboxylic acids is 1. The average Bonchev–Trinajstić information content (AvgIpc) is 2.25. The molecule has 0 aromatic heterocycles. The molecular formula is C14H20ClNO. The molecule has 0 unspecified atom stereocenters. The van der Waals surface area contributed by atoms with Crippen molar-refractivity contribution in [3.8, 4) is 0 Å². The summed E-state index contributed by atoms with van der Waals surface area (Å²) >= 11 is 5.71. The first-order chi connectivity index (χ1) is 7.90. The predicted octanol–water partition coefficient (Wildman–Crippen LogP) is 3.48. The predicted molar refractivity (Wildman–Crippen MR) is 71.9 cm³/mol. The van der Waals surface area contributed by atoms with Crippen LogP contribution >= 0.6 is 11.6 Å². The molecule has 0 radical (unpaired) electrons. The zero-order chi connectivity index (χ0) is 12.9. The molecule has 1 N–H and O–H groups in total. The standard InChI is InChI=1S/C14H20ClNO/c1-14(2,3)8-13(17)16-10-12-6-4-11(9-15)5-7-12/h4-7H,8-10H2,1-3H3,(H,16,17). The van der Waals surface area contributed by atoms with Gasteiger partial charge in [0.15, 0.2) is 0 Å². The van der Waals surface area contributed by atoms with Gasteiger partial charge in [-0.1, -0.05) is 45.0 Å². The van der Waals surface area contributed by atoms with Gasteiger partial charge in [0, 0.05) is 18.8 Å². The number of amides is 1. The molecule has 0 fully saturated rings. The van der Waals surface area contributed by atoms with E-state index < -0.39 is 0 Å². The highest BCUT2D eigenvalue weighted by Crippen LogP contribution is 2.17. The highest BCUT2D eigenvalue weighted by molar-refractivity contribution is 6.17. The van der Waals surface area contributed by atoms with Crippen molar-refractivity contribution in [1.82, 2.24) is 5.32 Å². The number of rotatable bonds is 4. The van der Waals surface area contributed by atoms with E-state index in [0.717, 1.165) is 11.1 Å². The van der Waals surface area contributed by atoms with Crippen molar-refractivity contribution in [3.63, 3.8) is 0 Å². The maximum atomic E-state index is 11.6. The molecule has 0 saturated carbocycles. The van der Waals surface area contributed by atoms with Crippen LogP contribution in [0.2, 0.25) is 0 Å². The van der Waals surface area contributed by atoms with Gasteiger partial charge >= 0.3 is 0 Å². The molecule has 0 aliphatic heterocycles.